The normalized spacial score (nSPS) is 50.5. The molecular formula is C48H78N4O10. The highest BCUT2D eigenvalue weighted by Crippen LogP contribution is 2.61. The molecular weight excluding hydrogens is 793 g/mol. The van der Waals surface area contributed by atoms with Crippen molar-refractivity contribution in [2.45, 2.75) is 177 Å². The van der Waals surface area contributed by atoms with Crippen molar-refractivity contribution in [3.8, 4) is 0 Å². The summed E-state index contributed by atoms with van der Waals surface area (Å²) in [6.45, 7) is 4.90. The number of nitrogens with one attached hydrogen (secondary N) is 2. The molecule has 5 saturated heterocycles. The molecule has 5 aliphatic heterocycles. The first-order valence-electron chi connectivity index (χ1n) is 24.8. The van der Waals surface area contributed by atoms with Gasteiger partial charge < -0.3 is 61.8 Å². The Kier molecular flexibility index (Phi) is 13.4. The van der Waals surface area contributed by atoms with Gasteiger partial charge in [0.25, 0.3) is 0 Å². The number of ether oxygens (including phenoxy) is 3. The van der Waals surface area contributed by atoms with Gasteiger partial charge in [0, 0.05) is 24.9 Å². The lowest BCUT2D eigenvalue weighted by atomic mass is 9.50. The van der Waals surface area contributed by atoms with E-state index < -0.39 is 71.5 Å². The summed E-state index contributed by atoms with van der Waals surface area (Å²) in [6.07, 6.45) is 7.70. The number of rotatable bonds is 7. The first kappa shape index (κ1) is 45.6. The van der Waals surface area contributed by atoms with Crippen molar-refractivity contribution < 1.29 is 49.3 Å². The Labute approximate surface area is 368 Å². The first-order chi connectivity index (χ1) is 29.8. The van der Waals surface area contributed by atoms with Crippen LogP contribution in [0.5, 0.6) is 0 Å². The van der Waals surface area contributed by atoms with Crippen molar-refractivity contribution in [3.05, 3.63) is 11.6 Å². The fourth-order valence-electron chi connectivity index (χ4n) is 15.9. The van der Waals surface area contributed by atoms with Crippen LogP contribution < -0.4 is 22.1 Å². The number of hydrogen-bond acceptors (Lipinski definition) is 14. The van der Waals surface area contributed by atoms with Gasteiger partial charge in [0.05, 0.1) is 66.6 Å². The maximum Gasteiger partial charge on any atom is 0.336 e. The van der Waals surface area contributed by atoms with Crippen molar-refractivity contribution in [2.24, 2.45) is 82.5 Å². The van der Waals surface area contributed by atoms with Crippen molar-refractivity contribution >= 4 is 11.8 Å². The molecule has 14 nitrogen and oxygen atoms in total. The number of aliphatic hydroxyl groups excluding tert-OH is 4. The van der Waals surface area contributed by atoms with Crippen LogP contribution in [0, 0.1) is 71.0 Å². The zero-order valence-corrected chi connectivity index (χ0v) is 37.2. The molecule has 0 spiro atoms. The standard InChI is InChI=1S/C48H78N4O10/c1-3-34(48(59)13-4-5-14-48)46(58)61-36-20-32-42(57)40-35(56)19-29(22-53)60-44(40)41-39-30-12-15-51-45(50)38(30)26(8-7-25-9-10-28(55)18-31(25)33(39)23-54)17-27(47(36,2)62-43(32)41)16-24-6-11-37(49)52-21-24/h3,24-33,36-45,51-55,57,59H,4-23,49-50H2,1-2H3. The van der Waals surface area contributed by atoms with E-state index in [9.17, 15) is 35.1 Å². The van der Waals surface area contributed by atoms with Crippen LogP contribution in [0.1, 0.15) is 117 Å². The Bertz CT molecular complexity index is 1640. The summed E-state index contributed by atoms with van der Waals surface area (Å²) < 4.78 is 21.5. The van der Waals surface area contributed by atoms with E-state index in [1.54, 1.807) is 13.0 Å². The van der Waals surface area contributed by atoms with Gasteiger partial charge >= 0.3 is 5.97 Å². The lowest BCUT2D eigenvalue weighted by Gasteiger charge is -2.63. The van der Waals surface area contributed by atoms with Crippen LogP contribution in [-0.2, 0) is 23.8 Å². The number of piperidine rings is 2. The predicted octanol–water partition coefficient (Wildman–Crippen LogP) is 2.26. The predicted molar refractivity (Wildman–Crippen MR) is 229 cm³/mol. The Morgan fingerprint density at radius 1 is 0.887 bits per heavy atom. The molecule has 0 aromatic carbocycles. The van der Waals surface area contributed by atoms with Gasteiger partial charge in [-0.3, -0.25) is 4.79 Å². The van der Waals surface area contributed by atoms with E-state index >= 15 is 0 Å². The number of Topliss-reactive ketones (excluding diaryl/α,β-unsaturated/α-hetero) is 1. The largest absolute Gasteiger partial charge is 0.456 e. The average Bonchev–Trinajstić information content (AvgIpc) is 3.70. The summed E-state index contributed by atoms with van der Waals surface area (Å²) in [5, 5.41) is 65.4. The zero-order chi connectivity index (χ0) is 43.7. The third-order valence-corrected chi connectivity index (χ3v) is 18.9. The van der Waals surface area contributed by atoms with Gasteiger partial charge in [-0.2, -0.15) is 0 Å². The van der Waals surface area contributed by atoms with E-state index in [0.717, 1.165) is 77.2 Å². The number of nitrogens with two attached hydrogens (primary N) is 2. The molecule has 4 saturated carbocycles. The summed E-state index contributed by atoms with van der Waals surface area (Å²) in [6, 6.07) is 0. The van der Waals surface area contributed by atoms with E-state index in [2.05, 4.69) is 17.6 Å². The molecule has 9 aliphatic rings. The Morgan fingerprint density at radius 3 is 2.35 bits per heavy atom. The fraction of sp³-hybridized carbons (Fsp3) is 0.917. The van der Waals surface area contributed by atoms with Crippen LogP contribution in [0.3, 0.4) is 0 Å². The summed E-state index contributed by atoms with van der Waals surface area (Å²) in [5.74, 6) is -2.61. The molecule has 4 aliphatic carbocycles. The lowest BCUT2D eigenvalue weighted by molar-refractivity contribution is -0.311. The van der Waals surface area contributed by atoms with Crippen LogP contribution in [0.4, 0.5) is 0 Å². The monoisotopic (exact) mass is 871 g/mol. The third kappa shape index (κ3) is 8.08. The quantitative estimate of drug-likeness (QED) is 0.132. The highest BCUT2D eigenvalue weighted by molar-refractivity contribution is 5.91. The van der Waals surface area contributed by atoms with Gasteiger partial charge in [0.1, 0.15) is 17.5 Å². The second-order valence-corrected chi connectivity index (χ2v) is 22.0. The van der Waals surface area contributed by atoms with E-state index in [-0.39, 0.29) is 103 Å². The minimum absolute atomic E-state index is 0.000344. The minimum Gasteiger partial charge on any atom is -0.456 e. The molecule has 11 N–H and O–H groups in total. The van der Waals surface area contributed by atoms with Crippen LogP contribution in [-0.4, -0.2) is 124 Å². The summed E-state index contributed by atoms with van der Waals surface area (Å²) in [5.41, 5.74) is 11.6. The van der Waals surface area contributed by atoms with Crippen molar-refractivity contribution in [3.63, 3.8) is 0 Å². The maximum absolute atomic E-state index is 14.6. The number of fused-ring (bicyclic) bond motifs is 5. The Hall–Kier alpha value is -1.56. The number of hydrogen-bond donors (Lipinski definition) is 9. The lowest BCUT2D eigenvalue weighted by Crippen LogP contribution is -2.72. The maximum atomic E-state index is 14.6. The second kappa shape index (κ2) is 18.3. The van der Waals surface area contributed by atoms with Gasteiger partial charge in [-0.15, -0.1) is 0 Å². The summed E-state index contributed by atoms with van der Waals surface area (Å²) >= 11 is 0. The molecule has 350 valence electrons. The van der Waals surface area contributed by atoms with Gasteiger partial charge in [-0.05, 0) is 164 Å². The summed E-state index contributed by atoms with van der Waals surface area (Å²) in [7, 11) is 0. The van der Waals surface area contributed by atoms with E-state index in [4.69, 9.17) is 25.7 Å². The highest BCUT2D eigenvalue weighted by atomic mass is 16.6. The van der Waals surface area contributed by atoms with Gasteiger partial charge in [-0.1, -0.05) is 18.9 Å². The number of esters is 1. The first-order valence-corrected chi connectivity index (χ1v) is 24.8. The number of ketones is 1. The molecule has 21 atom stereocenters. The molecule has 21 unspecified atom stereocenters. The van der Waals surface area contributed by atoms with Gasteiger partial charge in [0.2, 0.25) is 0 Å². The van der Waals surface area contributed by atoms with E-state index in [1.165, 1.54) is 0 Å². The Morgan fingerprint density at radius 2 is 1.65 bits per heavy atom. The molecule has 0 amide bonds. The fourth-order valence-corrected chi connectivity index (χ4v) is 15.9. The topological polar surface area (TPSA) is 239 Å². The van der Waals surface area contributed by atoms with Crippen LogP contribution in [0.25, 0.3) is 0 Å². The number of carbonyl (C=O) groups excluding carboxylic acids is 2. The van der Waals surface area contributed by atoms with E-state index in [0.29, 0.717) is 25.8 Å². The number of carbonyl (C=O) groups is 2. The molecule has 9 fully saturated rings. The van der Waals surface area contributed by atoms with Crippen LogP contribution in [0.15, 0.2) is 11.6 Å². The van der Waals surface area contributed by atoms with Crippen molar-refractivity contribution in [2.75, 3.05) is 26.3 Å². The van der Waals surface area contributed by atoms with Crippen molar-refractivity contribution in [1.82, 2.24) is 10.6 Å². The molecule has 9 rings (SSSR count). The van der Waals surface area contributed by atoms with Gasteiger partial charge in [0.15, 0.2) is 0 Å². The van der Waals surface area contributed by atoms with Crippen LogP contribution >= 0.6 is 0 Å². The molecule has 62 heavy (non-hydrogen) atoms. The second-order valence-electron chi connectivity index (χ2n) is 22.0. The molecule has 4 bridgehead atoms. The summed E-state index contributed by atoms with van der Waals surface area (Å²) in [4.78, 5) is 29.1. The molecule has 14 heteroatoms. The number of aliphatic hydroxyl groups is 5. The molecule has 0 radical (unpaired) electrons. The highest BCUT2D eigenvalue weighted by Gasteiger charge is 2.67. The Balaban J connectivity index is 1.23. The smallest absolute Gasteiger partial charge is 0.336 e. The van der Waals surface area contributed by atoms with Crippen LogP contribution in [0.2, 0.25) is 0 Å². The average molecular weight is 871 g/mol. The molecule has 0 aromatic rings. The SMILES string of the molecule is CC=C(C(=O)OC1CC2C(O)C3C(=O)CC(CO)OC3C3C2OC1(C)C(CC1CCC(N)NC1)CC1CCC2CCC(O)CC2C(CO)C3C2CCNC(N)C12)C1(O)CCCC1. The molecule has 5 heterocycles. The minimum atomic E-state index is -1.28. The zero-order valence-electron chi connectivity index (χ0n) is 37.2. The van der Waals surface area contributed by atoms with E-state index in [1.807, 2.05) is 0 Å². The third-order valence-electron chi connectivity index (χ3n) is 18.9. The number of allylic oxidation sites excluding steroid dienone is 1. The molecule has 0 aromatic heterocycles. The van der Waals surface area contributed by atoms with Crippen molar-refractivity contribution in [1.29, 1.82) is 0 Å². The van der Waals surface area contributed by atoms with Gasteiger partial charge in [-0.25, -0.2) is 4.79 Å².